The Morgan fingerprint density at radius 2 is 1.71 bits per heavy atom. The molecule has 0 spiro atoms. The first-order valence-corrected chi connectivity index (χ1v) is 12.4. The lowest BCUT2D eigenvalue weighted by Crippen LogP contribution is -2.65. The third kappa shape index (κ3) is 4.31. The number of nitrogens with one attached hydrogen (secondary N) is 1. The molecule has 2 amide bonds. The molecule has 2 aliphatic rings. The second-order valence-corrected chi connectivity index (χ2v) is 9.74. The molecule has 34 heavy (non-hydrogen) atoms. The van der Waals surface area contributed by atoms with E-state index in [1.54, 1.807) is 17.4 Å². The predicted octanol–water partition coefficient (Wildman–Crippen LogP) is 5.03. The molecule has 7 heteroatoms. The average molecular weight is 464 g/mol. The van der Waals surface area contributed by atoms with Gasteiger partial charge in [-0.3, -0.25) is 9.59 Å². The summed E-state index contributed by atoms with van der Waals surface area (Å²) >= 11 is 0. The first-order chi connectivity index (χ1) is 16.6. The van der Waals surface area contributed by atoms with Crippen molar-refractivity contribution in [2.75, 3.05) is 6.54 Å². The fourth-order valence-electron chi connectivity index (χ4n) is 5.38. The molecule has 0 bridgehead atoms. The van der Waals surface area contributed by atoms with Crippen LogP contribution < -0.4 is 5.32 Å². The normalized spacial score (nSPS) is 21.7. The molecule has 3 aromatic rings. The van der Waals surface area contributed by atoms with Crippen LogP contribution in [-0.2, 0) is 17.8 Å². The molecule has 1 N–H and O–H groups in total. The van der Waals surface area contributed by atoms with E-state index < -0.39 is 5.54 Å². The second kappa shape index (κ2) is 9.57. The van der Waals surface area contributed by atoms with E-state index in [1.807, 2.05) is 47.9 Å². The van der Waals surface area contributed by atoms with E-state index >= 15 is 0 Å². The van der Waals surface area contributed by atoms with Crippen molar-refractivity contribution in [1.29, 1.82) is 0 Å². The maximum atomic E-state index is 13.9. The largest absolute Gasteiger partial charge is 0.469 e. The molecular formula is C27H33N3O4. The molecular weight excluding hydrogens is 430 g/mol. The maximum Gasteiger partial charge on any atom is 0.271 e. The van der Waals surface area contributed by atoms with Gasteiger partial charge in [0.2, 0.25) is 5.91 Å². The van der Waals surface area contributed by atoms with E-state index in [9.17, 15) is 9.59 Å². The molecule has 0 saturated heterocycles. The number of furan rings is 2. The van der Waals surface area contributed by atoms with Gasteiger partial charge in [0.25, 0.3) is 5.91 Å². The highest BCUT2D eigenvalue weighted by Gasteiger charge is 2.48. The lowest BCUT2D eigenvalue weighted by Gasteiger charge is -2.45. The lowest BCUT2D eigenvalue weighted by molar-refractivity contribution is -0.133. The summed E-state index contributed by atoms with van der Waals surface area (Å²) in [6.07, 6.45) is 11.8. The highest BCUT2D eigenvalue weighted by Crippen LogP contribution is 2.34. The van der Waals surface area contributed by atoms with Crippen LogP contribution in [0.3, 0.4) is 0 Å². The van der Waals surface area contributed by atoms with Crippen LogP contribution in [0.1, 0.15) is 68.1 Å². The number of hydrogen-bond acceptors (Lipinski definition) is 4. The fourth-order valence-corrected chi connectivity index (χ4v) is 5.38. The first kappa shape index (κ1) is 22.6. The van der Waals surface area contributed by atoms with Crippen LogP contribution in [0.4, 0.5) is 0 Å². The van der Waals surface area contributed by atoms with E-state index in [1.165, 1.54) is 19.3 Å². The average Bonchev–Trinajstić information content (AvgIpc) is 3.57. The summed E-state index contributed by atoms with van der Waals surface area (Å²) in [5, 5.41) is 3.32. The zero-order valence-electron chi connectivity index (χ0n) is 19.8. The summed E-state index contributed by atoms with van der Waals surface area (Å²) in [5.74, 6) is 1.25. The molecule has 1 aliphatic heterocycles. The van der Waals surface area contributed by atoms with Gasteiger partial charge in [0.1, 0.15) is 22.8 Å². The Morgan fingerprint density at radius 3 is 2.41 bits per heavy atom. The quantitative estimate of drug-likeness (QED) is 0.556. The van der Waals surface area contributed by atoms with Crippen molar-refractivity contribution < 1.29 is 18.4 Å². The van der Waals surface area contributed by atoms with Gasteiger partial charge in [0.15, 0.2) is 0 Å². The Balaban J connectivity index is 1.45. The highest BCUT2D eigenvalue weighted by molar-refractivity contribution is 6.00. The molecule has 3 aromatic heterocycles. The van der Waals surface area contributed by atoms with E-state index in [-0.39, 0.29) is 17.9 Å². The van der Waals surface area contributed by atoms with Crippen LogP contribution in [-0.4, -0.2) is 39.4 Å². The van der Waals surface area contributed by atoms with Gasteiger partial charge in [0.05, 0.1) is 24.8 Å². The molecule has 1 unspecified atom stereocenters. The molecule has 4 heterocycles. The van der Waals surface area contributed by atoms with Gasteiger partial charge in [-0.2, -0.15) is 0 Å². The van der Waals surface area contributed by atoms with Gasteiger partial charge < -0.3 is 23.6 Å². The van der Waals surface area contributed by atoms with Gasteiger partial charge in [-0.05, 0) is 56.2 Å². The standard InChI is InChI=1S/C27H33N3O4/c1-27(26(32)28-20-9-5-3-2-4-6-10-20)19-29-22(24-12-8-18-34-24)13-14-23(29)25(31)30(27)16-15-21-11-7-17-33-21/h7-8,11-14,17-18,20H,2-6,9-10,15-16,19H2,1H3,(H,28,32). The van der Waals surface area contributed by atoms with Crippen LogP contribution in [0, 0.1) is 0 Å². The van der Waals surface area contributed by atoms with Gasteiger partial charge >= 0.3 is 0 Å². The van der Waals surface area contributed by atoms with Crippen LogP contribution in [0.2, 0.25) is 0 Å². The molecule has 180 valence electrons. The Bertz CT molecular complexity index is 1110. The number of carbonyl (C=O) groups is 2. The summed E-state index contributed by atoms with van der Waals surface area (Å²) in [5.41, 5.74) is 0.352. The Hall–Kier alpha value is -3.22. The molecule has 1 aliphatic carbocycles. The van der Waals surface area contributed by atoms with E-state index in [2.05, 4.69) is 5.32 Å². The molecule has 1 atom stereocenters. The lowest BCUT2D eigenvalue weighted by atomic mass is 9.91. The van der Waals surface area contributed by atoms with Crippen molar-refractivity contribution >= 4 is 11.8 Å². The number of rotatable bonds is 6. The molecule has 1 fully saturated rings. The smallest absolute Gasteiger partial charge is 0.271 e. The predicted molar refractivity (Wildman–Crippen MR) is 128 cm³/mol. The summed E-state index contributed by atoms with van der Waals surface area (Å²) in [6.45, 7) is 2.66. The van der Waals surface area contributed by atoms with Crippen LogP contribution in [0.15, 0.2) is 57.8 Å². The Kier molecular flexibility index (Phi) is 6.35. The van der Waals surface area contributed by atoms with E-state index in [0.717, 1.165) is 37.1 Å². The topological polar surface area (TPSA) is 80.6 Å². The SMILES string of the molecule is CC1(C(=O)NC2CCCCCCC2)Cn2c(ccc2-c2ccco2)C(=O)N1CCc1ccco1. The van der Waals surface area contributed by atoms with E-state index in [0.29, 0.717) is 31.0 Å². The minimum Gasteiger partial charge on any atom is -0.469 e. The third-order valence-electron chi connectivity index (χ3n) is 7.37. The molecule has 0 aromatic carbocycles. The molecule has 1 saturated carbocycles. The molecule has 7 nitrogen and oxygen atoms in total. The third-order valence-corrected chi connectivity index (χ3v) is 7.37. The van der Waals surface area contributed by atoms with Gasteiger partial charge in [-0.1, -0.05) is 32.1 Å². The van der Waals surface area contributed by atoms with Crippen molar-refractivity contribution in [3.63, 3.8) is 0 Å². The number of fused-ring (bicyclic) bond motifs is 1. The number of nitrogens with zero attached hydrogens (tertiary/aromatic N) is 2. The summed E-state index contributed by atoms with van der Waals surface area (Å²) in [7, 11) is 0. The summed E-state index contributed by atoms with van der Waals surface area (Å²) in [6, 6.07) is 11.3. The zero-order valence-corrected chi connectivity index (χ0v) is 19.8. The van der Waals surface area contributed by atoms with Crippen molar-refractivity contribution in [3.8, 4) is 11.5 Å². The Morgan fingerprint density at radius 1 is 1.00 bits per heavy atom. The van der Waals surface area contributed by atoms with Crippen molar-refractivity contribution in [2.24, 2.45) is 0 Å². The van der Waals surface area contributed by atoms with Crippen molar-refractivity contribution in [1.82, 2.24) is 14.8 Å². The minimum absolute atomic E-state index is 0.0874. The monoisotopic (exact) mass is 463 g/mol. The van der Waals surface area contributed by atoms with Crippen LogP contribution in [0.5, 0.6) is 0 Å². The fraction of sp³-hybridized carbons (Fsp3) is 0.481. The van der Waals surface area contributed by atoms with Crippen LogP contribution >= 0.6 is 0 Å². The van der Waals surface area contributed by atoms with Crippen molar-refractivity contribution in [3.05, 3.63) is 60.4 Å². The number of aromatic nitrogens is 1. The number of amides is 2. The molecule has 0 radical (unpaired) electrons. The van der Waals surface area contributed by atoms with Gasteiger partial charge in [-0.15, -0.1) is 0 Å². The highest BCUT2D eigenvalue weighted by atomic mass is 16.3. The number of hydrogen-bond donors (Lipinski definition) is 1. The maximum absolute atomic E-state index is 13.9. The number of carbonyl (C=O) groups excluding carboxylic acids is 2. The first-order valence-electron chi connectivity index (χ1n) is 12.4. The zero-order chi connectivity index (χ0) is 23.5. The van der Waals surface area contributed by atoms with Gasteiger partial charge in [-0.25, -0.2) is 0 Å². The Labute approximate surface area is 200 Å². The molecule has 5 rings (SSSR count). The van der Waals surface area contributed by atoms with Crippen LogP contribution in [0.25, 0.3) is 11.5 Å². The summed E-state index contributed by atoms with van der Waals surface area (Å²) in [4.78, 5) is 29.3. The van der Waals surface area contributed by atoms with Crippen molar-refractivity contribution in [2.45, 2.75) is 76.4 Å². The van der Waals surface area contributed by atoms with E-state index in [4.69, 9.17) is 8.83 Å². The van der Waals surface area contributed by atoms with Gasteiger partial charge in [0, 0.05) is 19.0 Å². The second-order valence-electron chi connectivity index (χ2n) is 9.74. The summed E-state index contributed by atoms with van der Waals surface area (Å²) < 4.78 is 13.1. The minimum atomic E-state index is -1.03.